The molecule has 0 amide bonds. The number of para-hydroxylation sites is 1. The van der Waals surface area contributed by atoms with Crippen LogP contribution < -0.4 is 10.1 Å². The molecule has 0 aliphatic rings. The van der Waals surface area contributed by atoms with Crippen molar-refractivity contribution in [2.24, 2.45) is 0 Å². The molecule has 1 heterocycles. The van der Waals surface area contributed by atoms with Gasteiger partial charge in [0.15, 0.2) is 0 Å². The Balaban J connectivity index is 2.12. The molecule has 2 nitrogen and oxygen atoms in total. The SMILES string of the molecule is CCC(NC)c1ccccc1OCc1cccs1. The van der Waals surface area contributed by atoms with Crippen molar-refractivity contribution in [2.75, 3.05) is 7.05 Å². The van der Waals surface area contributed by atoms with Gasteiger partial charge in [0.2, 0.25) is 0 Å². The van der Waals surface area contributed by atoms with Crippen LogP contribution in [-0.4, -0.2) is 7.05 Å². The van der Waals surface area contributed by atoms with Crippen molar-refractivity contribution in [3.8, 4) is 5.75 Å². The second-order valence-corrected chi connectivity index (χ2v) is 5.19. The van der Waals surface area contributed by atoms with Gasteiger partial charge in [-0.1, -0.05) is 31.2 Å². The fraction of sp³-hybridized carbons (Fsp3) is 0.333. The van der Waals surface area contributed by atoms with Gasteiger partial charge in [-0.05, 0) is 31.0 Å². The van der Waals surface area contributed by atoms with Crippen LogP contribution in [0.3, 0.4) is 0 Å². The van der Waals surface area contributed by atoms with E-state index < -0.39 is 0 Å². The molecule has 18 heavy (non-hydrogen) atoms. The molecule has 0 saturated heterocycles. The van der Waals surface area contributed by atoms with Gasteiger partial charge >= 0.3 is 0 Å². The molecule has 1 N–H and O–H groups in total. The van der Waals surface area contributed by atoms with Crippen LogP contribution in [0.4, 0.5) is 0 Å². The summed E-state index contributed by atoms with van der Waals surface area (Å²) < 4.78 is 5.94. The second kappa shape index (κ2) is 6.57. The molecule has 2 rings (SSSR count). The van der Waals surface area contributed by atoms with E-state index in [2.05, 4.69) is 41.9 Å². The number of benzene rings is 1. The van der Waals surface area contributed by atoms with E-state index in [-0.39, 0.29) is 0 Å². The minimum Gasteiger partial charge on any atom is -0.488 e. The Kier molecular flexibility index (Phi) is 4.79. The zero-order chi connectivity index (χ0) is 12.8. The minimum absolute atomic E-state index is 0.351. The lowest BCUT2D eigenvalue weighted by molar-refractivity contribution is 0.302. The number of thiophene rings is 1. The molecule has 1 aromatic heterocycles. The molecule has 96 valence electrons. The average Bonchev–Trinajstić information content (AvgIpc) is 2.92. The van der Waals surface area contributed by atoms with Crippen LogP contribution in [-0.2, 0) is 6.61 Å². The molecule has 0 aliphatic carbocycles. The van der Waals surface area contributed by atoms with Gasteiger partial charge in [0.25, 0.3) is 0 Å². The highest BCUT2D eigenvalue weighted by atomic mass is 32.1. The molecule has 3 heteroatoms. The summed E-state index contributed by atoms with van der Waals surface area (Å²) in [5, 5.41) is 5.40. The summed E-state index contributed by atoms with van der Waals surface area (Å²) in [6.45, 7) is 2.83. The Morgan fingerprint density at radius 1 is 1.22 bits per heavy atom. The normalized spacial score (nSPS) is 12.3. The summed E-state index contributed by atoms with van der Waals surface area (Å²) in [7, 11) is 1.99. The first kappa shape index (κ1) is 13.1. The quantitative estimate of drug-likeness (QED) is 0.848. The Labute approximate surface area is 113 Å². The third-order valence-electron chi connectivity index (χ3n) is 3.00. The lowest BCUT2D eigenvalue weighted by atomic mass is 10.0. The van der Waals surface area contributed by atoms with Crippen molar-refractivity contribution in [1.82, 2.24) is 5.32 Å². The number of hydrogen-bond acceptors (Lipinski definition) is 3. The average molecular weight is 261 g/mol. The lowest BCUT2D eigenvalue weighted by Gasteiger charge is -2.18. The van der Waals surface area contributed by atoms with E-state index in [1.54, 1.807) is 11.3 Å². The Bertz CT molecular complexity index is 463. The third kappa shape index (κ3) is 3.12. The van der Waals surface area contributed by atoms with Gasteiger partial charge < -0.3 is 10.1 Å². The Morgan fingerprint density at radius 2 is 2.06 bits per heavy atom. The minimum atomic E-state index is 0.351. The summed E-state index contributed by atoms with van der Waals surface area (Å²) in [4.78, 5) is 1.25. The van der Waals surface area contributed by atoms with Crippen molar-refractivity contribution in [2.45, 2.75) is 26.0 Å². The van der Waals surface area contributed by atoms with Crippen LogP contribution in [0.1, 0.15) is 29.8 Å². The largest absolute Gasteiger partial charge is 0.488 e. The molecule has 0 fully saturated rings. The fourth-order valence-corrected chi connectivity index (χ4v) is 2.64. The molecule has 0 aliphatic heterocycles. The monoisotopic (exact) mass is 261 g/mol. The highest BCUT2D eigenvalue weighted by molar-refractivity contribution is 7.09. The van der Waals surface area contributed by atoms with E-state index in [4.69, 9.17) is 4.74 Å². The molecule has 0 saturated carbocycles. The summed E-state index contributed by atoms with van der Waals surface area (Å²) in [5.41, 5.74) is 1.24. The number of hydrogen-bond donors (Lipinski definition) is 1. The van der Waals surface area contributed by atoms with E-state index in [0.717, 1.165) is 12.2 Å². The highest BCUT2D eigenvalue weighted by Gasteiger charge is 2.12. The number of nitrogens with one attached hydrogen (secondary N) is 1. The van der Waals surface area contributed by atoms with Crippen LogP contribution in [0, 0.1) is 0 Å². The van der Waals surface area contributed by atoms with Crippen LogP contribution >= 0.6 is 11.3 Å². The molecule has 0 radical (unpaired) electrons. The standard InChI is InChI=1S/C15H19NOS/c1-3-14(16-2)13-8-4-5-9-15(13)17-11-12-7-6-10-18-12/h4-10,14,16H,3,11H2,1-2H3. The van der Waals surface area contributed by atoms with Gasteiger partial charge in [-0.3, -0.25) is 0 Å². The third-order valence-corrected chi connectivity index (χ3v) is 3.85. The predicted molar refractivity (Wildman–Crippen MR) is 77.2 cm³/mol. The summed E-state index contributed by atoms with van der Waals surface area (Å²) in [6.07, 6.45) is 1.05. The first-order valence-corrected chi connectivity index (χ1v) is 7.14. The van der Waals surface area contributed by atoms with Gasteiger partial charge in [0.1, 0.15) is 12.4 Å². The zero-order valence-corrected chi connectivity index (χ0v) is 11.7. The van der Waals surface area contributed by atoms with Gasteiger partial charge in [-0.25, -0.2) is 0 Å². The first-order chi connectivity index (χ1) is 8.85. The van der Waals surface area contributed by atoms with Crippen LogP contribution in [0.25, 0.3) is 0 Å². The van der Waals surface area contributed by atoms with Crippen LogP contribution in [0.2, 0.25) is 0 Å². The smallest absolute Gasteiger partial charge is 0.124 e. The molecule has 1 unspecified atom stereocenters. The molecule has 1 aromatic carbocycles. The Morgan fingerprint density at radius 3 is 2.72 bits per heavy atom. The second-order valence-electron chi connectivity index (χ2n) is 4.16. The van der Waals surface area contributed by atoms with Gasteiger partial charge in [-0.15, -0.1) is 11.3 Å². The zero-order valence-electron chi connectivity index (χ0n) is 10.8. The molecular weight excluding hydrogens is 242 g/mol. The van der Waals surface area contributed by atoms with E-state index in [9.17, 15) is 0 Å². The number of ether oxygens (including phenoxy) is 1. The molecule has 2 aromatic rings. The lowest BCUT2D eigenvalue weighted by Crippen LogP contribution is -2.16. The van der Waals surface area contributed by atoms with Gasteiger partial charge in [0, 0.05) is 16.5 Å². The van der Waals surface area contributed by atoms with Crippen molar-refractivity contribution in [3.63, 3.8) is 0 Å². The van der Waals surface area contributed by atoms with E-state index in [0.29, 0.717) is 12.6 Å². The highest BCUT2D eigenvalue weighted by Crippen LogP contribution is 2.27. The Hall–Kier alpha value is -1.32. The van der Waals surface area contributed by atoms with Crippen molar-refractivity contribution in [1.29, 1.82) is 0 Å². The molecular formula is C15H19NOS. The topological polar surface area (TPSA) is 21.3 Å². The van der Waals surface area contributed by atoms with Crippen LogP contribution in [0.5, 0.6) is 5.75 Å². The molecule has 0 spiro atoms. The van der Waals surface area contributed by atoms with E-state index >= 15 is 0 Å². The summed E-state index contributed by atoms with van der Waals surface area (Å²) >= 11 is 1.73. The molecule has 0 bridgehead atoms. The van der Waals surface area contributed by atoms with E-state index in [1.165, 1.54) is 10.4 Å². The van der Waals surface area contributed by atoms with Crippen molar-refractivity contribution in [3.05, 3.63) is 52.2 Å². The fourth-order valence-electron chi connectivity index (χ4n) is 2.02. The number of rotatable bonds is 6. The van der Waals surface area contributed by atoms with Crippen molar-refractivity contribution < 1.29 is 4.74 Å². The molecule has 1 atom stereocenters. The summed E-state index contributed by atoms with van der Waals surface area (Å²) in [5.74, 6) is 0.979. The maximum Gasteiger partial charge on any atom is 0.124 e. The predicted octanol–water partition coefficient (Wildman–Crippen LogP) is 4.00. The maximum absolute atomic E-state index is 5.94. The summed E-state index contributed by atoms with van der Waals surface area (Å²) in [6, 6.07) is 12.8. The van der Waals surface area contributed by atoms with Gasteiger partial charge in [0.05, 0.1) is 0 Å². The van der Waals surface area contributed by atoms with Crippen LogP contribution in [0.15, 0.2) is 41.8 Å². The first-order valence-electron chi connectivity index (χ1n) is 6.26. The van der Waals surface area contributed by atoms with Crippen molar-refractivity contribution >= 4 is 11.3 Å². The van der Waals surface area contributed by atoms with Gasteiger partial charge in [-0.2, -0.15) is 0 Å². The maximum atomic E-state index is 5.94. The van der Waals surface area contributed by atoms with E-state index in [1.807, 2.05) is 19.2 Å².